The Morgan fingerprint density at radius 3 is 2.07 bits per heavy atom. The average Bonchev–Trinajstić information content (AvgIpc) is 2.79. The zero-order valence-electron chi connectivity index (χ0n) is 19.1. The van der Waals surface area contributed by atoms with Crippen LogP contribution in [0, 0.1) is 11.8 Å². The first-order valence-electron chi connectivity index (χ1n) is 12.2. The molecule has 1 saturated carbocycles. The van der Waals surface area contributed by atoms with Crippen molar-refractivity contribution in [3.8, 4) is 11.1 Å². The van der Waals surface area contributed by atoms with Crippen LogP contribution in [-0.2, 0) is 17.8 Å². The highest BCUT2D eigenvalue weighted by molar-refractivity contribution is 5.63. The van der Waals surface area contributed by atoms with Crippen LogP contribution in [0.25, 0.3) is 11.1 Å². The quantitative estimate of drug-likeness (QED) is 0.270. The van der Waals surface area contributed by atoms with Crippen molar-refractivity contribution in [2.45, 2.75) is 78.2 Å². The third kappa shape index (κ3) is 7.43. The van der Waals surface area contributed by atoms with Gasteiger partial charge < -0.3 is 4.74 Å². The SMILES string of the molecule is CC=CC1CCC(CCCCc2ccc(-c3ccc(COCCC)cc3)cc2)CC1. The molecule has 3 rings (SSSR count). The normalized spacial score (nSPS) is 19.4. The summed E-state index contributed by atoms with van der Waals surface area (Å²) in [7, 11) is 0. The van der Waals surface area contributed by atoms with Gasteiger partial charge in [0.1, 0.15) is 0 Å². The van der Waals surface area contributed by atoms with Crippen molar-refractivity contribution in [2.24, 2.45) is 11.8 Å². The average molecular weight is 405 g/mol. The topological polar surface area (TPSA) is 9.23 Å². The number of ether oxygens (including phenoxy) is 1. The smallest absolute Gasteiger partial charge is 0.0716 e. The summed E-state index contributed by atoms with van der Waals surface area (Å²) in [6, 6.07) is 18.0. The molecule has 0 aliphatic heterocycles. The van der Waals surface area contributed by atoms with E-state index in [1.165, 1.54) is 73.6 Å². The monoisotopic (exact) mass is 404 g/mol. The molecule has 1 heteroatoms. The number of unbranched alkanes of at least 4 members (excludes halogenated alkanes) is 1. The van der Waals surface area contributed by atoms with Crippen LogP contribution in [-0.4, -0.2) is 6.61 Å². The molecule has 1 nitrogen and oxygen atoms in total. The first-order valence-corrected chi connectivity index (χ1v) is 12.2. The Labute approximate surface area is 184 Å². The van der Waals surface area contributed by atoms with Crippen molar-refractivity contribution < 1.29 is 4.74 Å². The van der Waals surface area contributed by atoms with E-state index < -0.39 is 0 Å². The second-order valence-electron chi connectivity index (χ2n) is 9.00. The Kier molecular flexibility index (Phi) is 9.70. The van der Waals surface area contributed by atoms with Crippen molar-refractivity contribution in [3.05, 3.63) is 71.8 Å². The van der Waals surface area contributed by atoms with Gasteiger partial charge >= 0.3 is 0 Å². The van der Waals surface area contributed by atoms with E-state index in [1.54, 1.807) is 0 Å². The zero-order valence-corrected chi connectivity index (χ0v) is 19.1. The van der Waals surface area contributed by atoms with Gasteiger partial charge in [-0.1, -0.05) is 80.4 Å². The van der Waals surface area contributed by atoms with Crippen LogP contribution < -0.4 is 0 Å². The molecule has 0 bridgehead atoms. The predicted molar refractivity (Wildman–Crippen MR) is 130 cm³/mol. The maximum Gasteiger partial charge on any atom is 0.0716 e. The molecule has 0 saturated heterocycles. The fourth-order valence-corrected chi connectivity index (χ4v) is 4.70. The first-order chi connectivity index (χ1) is 14.8. The van der Waals surface area contributed by atoms with E-state index >= 15 is 0 Å². The Morgan fingerprint density at radius 2 is 1.47 bits per heavy atom. The van der Waals surface area contributed by atoms with Gasteiger partial charge in [0, 0.05) is 6.61 Å². The lowest BCUT2D eigenvalue weighted by Gasteiger charge is -2.26. The largest absolute Gasteiger partial charge is 0.377 e. The van der Waals surface area contributed by atoms with E-state index in [1.807, 2.05) is 0 Å². The number of rotatable bonds is 11. The third-order valence-electron chi connectivity index (χ3n) is 6.54. The van der Waals surface area contributed by atoms with Gasteiger partial charge in [0.05, 0.1) is 6.61 Å². The highest BCUT2D eigenvalue weighted by Crippen LogP contribution is 2.32. The third-order valence-corrected chi connectivity index (χ3v) is 6.54. The molecular weight excluding hydrogens is 364 g/mol. The summed E-state index contributed by atoms with van der Waals surface area (Å²) in [6.45, 7) is 5.84. The summed E-state index contributed by atoms with van der Waals surface area (Å²) in [6.07, 6.45) is 16.7. The number of hydrogen-bond acceptors (Lipinski definition) is 1. The molecule has 0 heterocycles. The summed E-state index contributed by atoms with van der Waals surface area (Å²) in [5, 5.41) is 0. The van der Waals surface area contributed by atoms with Crippen molar-refractivity contribution >= 4 is 0 Å². The fourth-order valence-electron chi connectivity index (χ4n) is 4.70. The van der Waals surface area contributed by atoms with Crippen LogP contribution in [0.15, 0.2) is 60.7 Å². The molecule has 0 amide bonds. The molecule has 162 valence electrons. The summed E-state index contributed by atoms with van der Waals surface area (Å²) < 4.78 is 5.63. The minimum Gasteiger partial charge on any atom is -0.377 e. The van der Waals surface area contributed by atoms with Crippen molar-refractivity contribution in [3.63, 3.8) is 0 Å². The Balaban J connectivity index is 1.37. The van der Waals surface area contributed by atoms with Gasteiger partial charge in [0.25, 0.3) is 0 Å². The van der Waals surface area contributed by atoms with Crippen LogP contribution in [0.2, 0.25) is 0 Å². The second-order valence-corrected chi connectivity index (χ2v) is 9.00. The lowest BCUT2D eigenvalue weighted by molar-refractivity contribution is 0.121. The van der Waals surface area contributed by atoms with Crippen molar-refractivity contribution in [2.75, 3.05) is 6.61 Å². The number of hydrogen-bond donors (Lipinski definition) is 0. The summed E-state index contributed by atoms with van der Waals surface area (Å²) in [5.41, 5.74) is 5.31. The van der Waals surface area contributed by atoms with E-state index in [9.17, 15) is 0 Å². The standard InChI is InChI=1S/C29H40O/c1-3-7-24-10-12-25(13-11-24)8-5-6-9-26-14-18-28(19-15-26)29-20-16-27(17-21-29)23-30-22-4-2/h3,7,14-21,24-25H,4-6,8-13,22-23H2,1-2H3. The van der Waals surface area contributed by atoms with Gasteiger partial charge in [-0.2, -0.15) is 0 Å². The molecule has 30 heavy (non-hydrogen) atoms. The van der Waals surface area contributed by atoms with Crippen LogP contribution in [0.3, 0.4) is 0 Å². The molecular formula is C29H40O. The lowest BCUT2D eigenvalue weighted by atomic mass is 9.79. The highest BCUT2D eigenvalue weighted by Gasteiger charge is 2.18. The predicted octanol–water partition coefficient (Wildman–Crippen LogP) is 8.38. The summed E-state index contributed by atoms with van der Waals surface area (Å²) in [4.78, 5) is 0. The minimum absolute atomic E-state index is 0.713. The van der Waals surface area contributed by atoms with Gasteiger partial charge in [0.15, 0.2) is 0 Å². The van der Waals surface area contributed by atoms with Gasteiger partial charge in [0.2, 0.25) is 0 Å². The highest BCUT2D eigenvalue weighted by atomic mass is 16.5. The maximum atomic E-state index is 5.63. The Hall–Kier alpha value is -1.86. The van der Waals surface area contributed by atoms with Crippen LogP contribution in [0.4, 0.5) is 0 Å². The Morgan fingerprint density at radius 1 is 0.833 bits per heavy atom. The number of allylic oxidation sites excluding steroid dienone is 2. The van der Waals surface area contributed by atoms with Crippen molar-refractivity contribution in [1.29, 1.82) is 0 Å². The van der Waals surface area contributed by atoms with E-state index in [4.69, 9.17) is 4.74 Å². The van der Waals surface area contributed by atoms with E-state index in [-0.39, 0.29) is 0 Å². The van der Waals surface area contributed by atoms with Gasteiger partial charge in [-0.25, -0.2) is 0 Å². The molecule has 1 aliphatic carbocycles. The maximum absolute atomic E-state index is 5.63. The molecule has 1 aliphatic rings. The van der Waals surface area contributed by atoms with Crippen LogP contribution in [0.1, 0.15) is 76.3 Å². The molecule has 1 fully saturated rings. The molecule has 2 aromatic rings. The molecule has 0 radical (unpaired) electrons. The molecule has 0 atom stereocenters. The number of benzene rings is 2. The Bertz CT molecular complexity index is 733. The van der Waals surface area contributed by atoms with Gasteiger partial charge in [-0.3, -0.25) is 0 Å². The van der Waals surface area contributed by atoms with E-state index in [2.05, 4.69) is 74.5 Å². The van der Waals surface area contributed by atoms with Gasteiger partial charge in [-0.05, 0) is 86.0 Å². The molecule has 2 aromatic carbocycles. The fraction of sp³-hybridized carbons (Fsp3) is 0.517. The lowest BCUT2D eigenvalue weighted by Crippen LogP contribution is -2.13. The van der Waals surface area contributed by atoms with E-state index in [0.29, 0.717) is 6.61 Å². The summed E-state index contributed by atoms with van der Waals surface area (Å²) >= 11 is 0. The van der Waals surface area contributed by atoms with Crippen LogP contribution in [0.5, 0.6) is 0 Å². The molecule has 0 N–H and O–H groups in total. The van der Waals surface area contributed by atoms with Crippen molar-refractivity contribution in [1.82, 2.24) is 0 Å². The molecule has 0 aromatic heterocycles. The molecule has 0 unspecified atom stereocenters. The molecule has 0 spiro atoms. The second kappa shape index (κ2) is 12.7. The summed E-state index contributed by atoms with van der Waals surface area (Å²) in [5.74, 6) is 1.83. The minimum atomic E-state index is 0.713. The number of aryl methyl sites for hydroxylation is 1. The zero-order chi connectivity index (χ0) is 21.0. The van der Waals surface area contributed by atoms with Crippen LogP contribution >= 0.6 is 0 Å². The first kappa shape index (κ1) is 22.8. The van der Waals surface area contributed by atoms with E-state index in [0.717, 1.165) is 24.9 Å². The van der Waals surface area contributed by atoms with Gasteiger partial charge in [-0.15, -0.1) is 0 Å².